The summed E-state index contributed by atoms with van der Waals surface area (Å²) in [5.74, 6) is -3.80. The molecule has 5 nitrogen and oxygen atoms in total. The van der Waals surface area contributed by atoms with Crippen LogP contribution in [0.3, 0.4) is 0 Å². The highest BCUT2D eigenvalue weighted by Crippen LogP contribution is 2.26. The molecule has 0 spiro atoms. The molecule has 2 rings (SSSR count). The van der Waals surface area contributed by atoms with E-state index in [1.807, 2.05) is 0 Å². The molecule has 1 aliphatic rings. The molecule has 20 heavy (non-hydrogen) atoms. The monoisotopic (exact) mass is 349 g/mol. The largest absolute Gasteiger partial charge is 0.479 e. The molecule has 108 valence electrons. The molecule has 0 radical (unpaired) electrons. The number of carboxylic acid groups (broad SMARTS) is 1. The molecule has 1 heterocycles. The fourth-order valence-electron chi connectivity index (χ4n) is 1.88. The molecule has 1 aliphatic heterocycles. The van der Waals surface area contributed by atoms with Gasteiger partial charge in [0.25, 0.3) is 5.91 Å². The third-order valence-electron chi connectivity index (χ3n) is 2.84. The summed E-state index contributed by atoms with van der Waals surface area (Å²) in [6.45, 7) is 0. The summed E-state index contributed by atoms with van der Waals surface area (Å²) in [6, 6.07) is 2.02. The molecule has 0 aliphatic carbocycles. The molecule has 1 fully saturated rings. The van der Waals surface area contributed by atoms with Gasteiger partial charge in [-0.3, -0.25) is 4.79 Å². The van der Waals surface area contributed by atoms with Crippen LogP contribution in [0.1, 0.15) is 12.8 Å². The molecule has 0 bridgehead atoms. The van der Waals surface area contributed by atoms with E-state index in [2.05, 4.69) is 21.2 Å². The lowest BCUT2D eigenvalue weighted by Crippen LogP contribution is -2.30. The number of hydrogen-bond donors (Lipinski definition) is 2. The van der Waals surface area contributed by atoms with Gasteiger partial charge in [0, 0.05) is 4.47 Å². The van der Waals surface area contributed by atoms with Crippen molar-refractivity contribution in [3.8, 4) is 0 Å². The van der Waals surface area contributed by atoms with Crippen molar-refractivity contribution >= 4 is 33.5 Å². The van der Waals surface area contributed by atoms with E-state index in [4.69, 9.17) is 9.84 Å². The molecule has 2 N–H and O–H groups in total. The summed E-state index contributed by atoms with van der Waals surface area (Å²) < 4.78 is 32.3. The van der Waals surface area contributed by atoms with Gasteiger partial charge in [-0.1, -0.05) is 15.9 Å². The average molecular weight is 350 g/mol. The minimum Gasteiger partial charge on any atom is -0.479 e. The standard InChI is InChI=1S/C12H10BrF2NO4/c13-5-3-6(14)10(7(15)4-5)16-11(17)8-1-2-9(20-8)12(18)19/h3-4,8-9H,1-2H2,(H,16,17)(H,18,19)/t8-,9+/m0/s1. The maximum Gasteiger partial charge on any atom is 0.332 e. The number of anilines is 1. The van der Waals surface area contributed by atoms with E-state index in [-0.39, 0.29) is 17.3 Å². The first kappa shape index (κ1) is 14.9. The Hall–Kier alpha value is -1.54. The molecule has 0 aromatic heterocycles. The number of amides is 1. The van der Waals surface area contributed by atoms with Crippen molar-refractivity contribution in [2.75, 3.05) is 5.32 Å². The van der Waals surface area contributed by atoms with Crippen LogP contribution in [0.2, 0.25) is 0 Å². The zero-order valence-corrected chi connectivity index (χ0v) is 11.6. The Morgan fingerprint density at radius 1 is 1.25 bits per heavy atom. The van der Waals surface area contributed by atoms with Crippen LogP contribution in [0.5, 0.6) is 0 Å². The van der Waals surface area contributed by atoms with Crippen LogP contribution in [0, 0.1) is 11.6 Å². The van der Waals surface area contributed by atoms with E-state index in [0.717, 1.165) is 12.1 Å². The number of rotatable bonds is 3. The van der Waals surface area contributed by atoms with Gasteiger partial charge in [0.2, 0.25) is 0 Å². The third-order valence-corrected chi connectivity index (χ3v) is 3.30. The summed E-state index contributed by atoms with van der Waals surface area (Å²) in [4.78, 5) is 22.5. The smallest absolute Gasteiger partial charge is 0.332 e. The van der Waals surface area contributed by atoms with Gasteiger partial charge in [-0.25, -0.2) is 13.6 Å². The molecule has 8 heteroatoms. The zero-order valence-electron chi connectivity index (χ0n) is 10.0. The first-order valence-corrected chi connectivity index (χ1v) is 6.51. The average Bonchev–Trinajstić information content (AvgIpc) is 2.83. The number of aliphatic carboxylic acids is 1. The molecule has 1 aromatic carbocycles. The molecule has 0 saturated carbocycles. The zero-order chi connectivity index (χ0) is 14.9. The minimum absolute atomic E-state index is 0.179. The van der Waals surface area contributed by atoms with E-state index in [0.29, 0.717) is 0 Å². The Balaban J connectivity index is 2.08. The van der Waals surface area contributed by atoms with E-state index in [1.165, 1.54) is 0 Å². The van der Waals surface area contributed by atoms with Gasteiger partial charge in [-0.2, -0.15) is 0 Å². The van der Waals surface area contributed by atoms with Crippen molar-refractivity contribution in [1.82, 2.24) is 0 Å². The van der Waals surface area contributed by atoms with Crippen molar-refractivity contribution in [2.45, 2.75) is 25.0 Å². The lowest BCUT2D eigenvalue weighted by Gasteiger charge is -2.13. The van der Waals surface area contributed by atoms with Gasteiger partial charge >= 0.3 is 5.97 Å². The van der Waals surface area contributed by atoms with Crippen LogP contribution < -0.4 is 5.32 Å². The Morgan fingerprint density at radius 3 is 2.30 bits per heavy atom. The van der Waals surface area contributed by atoms with Crippen molar-refractivity contribution < 1.29 is 28.2 Å². The summed E-state index contributed by atoms with van der Waals surface area (Å²) in [5.41, 5.74) is -0.583. The molecular weight excluding hydrogens is 340 g/mol. The predicted octanol–water partition coefficient (Wildman–Crippen LogP) is 2.30. The van der Waals surface area contributed by atoms with E-state index in [9.17, 15) is 18.4 Å². The minimum atomic E-state index is -1.17. The highest BCUT2D eigenvalue weighted by molar-refractivity contribution is 9.10. The third kappa shape index (κ3) is 3.13. The SMILES string of the molecule is O=C(Nc1c(F)cc(Br)cc1F)[C@@H]1CC[C@H](C(=O)O)O1. The van der Waals surface area contributed by atoms with Crippen LogP contribution >= 0.6 is 15.9 Å². The maximum atomic E-state index is 13.5. The Bertz CT molecular complexity index is 543. The molecule has 1 aromatic rings. The molecule has 1 amide bonds. The summed E-state index contributed by atoms with van der Waals surface area (Å²) >= 11 is 2.92. The first-order chi connectivity index (χ1) is 9.38. The van der Waals surface area contributed by atoms with Crippen LogP contribution in [0.25, 0.3) is 0 Å². The Kier molecular flexibility index (Phi) is 4.34. The number of carbonyl (C=O) groups excluding carboxylic acids is 1. The van der Waals surface area contributed by atoms with Crippen molar-refractivity contribution in [1.29, 1.82) is 0 Å². The fourth-order valence-corrected chi connectivity index (χ4v) is 2.28. The quantitative estimate of drug-likeness (QED) is 0.877. The second kappa shape index (κ2) is 5.84. The lowest BCUT2D eigenvalue weighted by atomic mass is 10.2. The van der Waals surface area contributed by atoms with Crippen molar-refractivity contribution in [3.63, 3.8) is 0 Å². The first-order valence-electron chi connectivity index (χ1n) is 5.72. The maximum absolute atomic E-state index is 13.5. The number of benzene rings is 1. The van der Waals surface area contributed by atoms with Crippen LogP contribution in [-0.2, 0) is 14.3 Å². The molecule has 0 unspecified atom stereocenters. The van der Waals surface area contributed by atoms with E-state index < -0.39 is 41.4 Å². The normalized spacial score (nSPS) is 21.8. The Labute approximate surface area is 121 Å². The highest BCUT2D eigenvalue weighted by Gasteiger charge is 2.35. The van der Waals surface area contributed by atoms with Gasteiger partial charge in [-0.15, -0.1) is 0 Å². The second-order valence-electron chi connectivity index (χ2n) is 4.26. The van der Waals surface area contributed by atoms with Gasteiger partial charge in [0.1, 0.15) is 11.8 Å². The Morgan fingerprint density at radius 2 is 1.80 bits per heavy atom. The van der Waals surface area contributed by atoms with Gasteiger partial charge in [0.15, 0.2) is 17.7 Å². The summed E-state index contributed by atoms with van der Waals surface area (Å²) in [6.07, 6.45) is -1.73. The van der Waals surface area contributed by atoms with Gasteiger partial charge in [0.05, 0.1) is 0 Å². The van der Waals surface area contributed by atoms with Crippen LogP contribution in [0.4, 0.5) is 14.5 Å². The van der Waals surface area contributed by atoms with E-state index >= 15 is 0 Å². The fraction of sp³-hybridized carbons (Fsp3) is 0.333. The molecular formula is C12H10BrF2NO4. The van der Waals surface area contributed by atoms with E-state index in [1.54, 1.807) is 0 Å². The topological polar surface area (TPSA) is 75.6 Å². The van der Waals surface area contributed by atoms with Gasteiger partial charge in [-0.05, 0) is 25.0 Å². The number of nitrogens with one attached hydrogen (secondary N) is 1. The van der Waals surface area contributed by atoms with Crippen molar-refractivity contribution in [2.24, 2.45) is 0 Å². The van der Waals surface area contributed by atoms with Gasteiger partial charge < -0.3 is 15.2 Å². The second-order valence-corrected chi connectivity index (χ2v) is 5.18. The number of carbonyl (C=O) groups is 2. The lowest BCUT2D eigenvalue weighted by molar-refractivity contribution is -0.150. The summed E-state index contributed by atoms with van der Waals surface area (Å²) in [5, 5.41) is 10.8. The summed E-state index contributed by atoms with van der Waals surface area (Å²) in [7, 11) is 0. The number of halogens is 3. The number of ether oxygens (including phenoxy) is 1. The highest BCUT2D eigenvalue weighted by atomic mass is 79.9. The predicted molar refractivity (Wildman–Crippen MR) is 68.2 cm³/mol. The number of carboxylic acids is 1. The van der Waals surface area contributed by atoms with Crippen LogP contribution in [-0.4, -0.2) is 29.2 Å². The molecule has 2 atom stereocenters. The van der Waals surface area contributed by atoms with Crippen molar-refractivity contribution in [3.05, 3.63) is 28.2 Å². The number of hydrogen-bond acceptors (Lipinski definition) is 3. The molecule has 1 saturated heterocycles. The van der Waals surface area contributed by atoms with Crippen LogP contribution in [0.15, 0.2) is 16.6 Å².